The molecular weight excluding hydrogens is 202 g/mol. The molecule has 0 atom stereocenters. The molecule has 0 aromatic rings. The summed E-state index contributed by atoms with van der Waals surface area (Å²) in [4.78, 5) is 22.9. The molecule has 0 bridgehead atoms. The molecule has 0 radical (unpaired) electrons. The third kappa shape index (κ3) is 5.85. The second-order valence-corrected chi connectivity index (χ2v) is 4.30. The van der Waals surface area contributed by atoms with Gasteiger partial charge in [0, 0.05) is 6.54 Å². The fourth-order valence-electron chi connectivity index (χ4n) is 0.749. The third-order valence-corrected chi connectivity index (χ3v) is 1.63. The van der Waals surface area contributed by atoms with Crippen LogP contribution in [0, 0.1) is 0 Å². The van der Waals surface area contributed by atoms with Crippen LogP contribution in [0.25, 0.3) is 0 Å². The number of amides is 2. The van der Waals surface area contributed by atoms with Crippen molar-refractivity contribution >= 4 is 25.1 Å². The SMILES string of the molecule is CC(C)(C)OC(=O)N(C=O)CCCS. The van der Waals surface area contributed by atoms with Crippen LogP contribution in [0.3, 0.4) is 0 Å². The lowest BCUT2D eigenvalue weighted by Crippen LogP contribution is -2.36. The summed E-state index contributed by atoms with van der Waals surface area (Å²) in [5.74, 6) is 0.632. The van der Waals surface area contributed by atoms with Gasteiger partial charge in [-0.05, 0) is 32.9 Å². The number of hydrogen-bond donors (Lipinski definition) is 1. The summed E-state index contributed by atoms with van der Waals surface area (Å²) >= 11 is 3.99. The molecule has 0 saturated heterocycles. The van der Waals surface area contributed by atoms with Crippen LogP contribution in [-0.2, 0) is 9.53 Å². The second-order valence-electron chi connectivity index (χ2n) is 3.86. The predicted octanol–water partition coefficient (Wildman–Crippen LogP) is 1.70. The lowest BCUT2D eigenvalue weighted by Gasteiger charge is -2.23. The highest BCUT2D eigenvalue weighted by Crippen LogP contribution is 2.09. The summed E-state index contributed by atoms with van der Waals surface area (Å²) < 4.78 is 5.02. The number of hydrogen-bond acceptors (Lipinski definition) is 4. The number of ether oxygens (including phenoxy) is 1. The van der Waals surface area contributed by atoms with E-state index in [4.69, 9.17) is 4.74 Å². The molecule has 0 aliphatic carbocycles. The molecule has 0 spiro atoms. The smallest absolute Gasteiger partial charge is 0.416 e. The van der Waals surface area contributed by atoms with Crippen molar-refractivity contribution in [2.24, 2.45) is 0 Å². The van der Waals surface area contributed by atoms with Crippen LogP contribution in [0.5, 0.6) is 0 Å². The van der Waals surface area contributed by atoms with E-state index >= 15 is 0 Å². The molecule has 0 heterocycles. The molecule has 14 heavy (non-hydrogen) atoms. The summed E-state index contributed by atoms with van der Waals surface area (Å²) in [5.41, 5.74) is -0.570. The number of imide groups is 1. The first kappa shape index (κ1) is 13.3. The second kappa shape index (κ2) is 5.90. The van der Waals surface area contributed by atoms with Gasteiger partial charge in [0.1, 0.15) is 5.60 Å². The molecule has 0 fully saturated rings. The first-order valence-electron chi connectivity index (χ1n) is 4.46. The number of carbonyl (C=O) groups excluding carboxylic acids is 2. The first-order chi connectivity index (χ1) is 6.40. The summed E-state index contributed by atoms with van der Waals surface area (Å²) in [5, 5.41) is 0. The van der Waals surface area contributed by atoms with Crippen LogP contribution in [0.2, 0.25) is 0 Å². The summed E-state index contributed by atoms with van der Waals surface area (Å²) in [6.07, 6.45) is 0.549. The molecule has 82 valence electrons. The van der Waals surface area contributed by atoms with E-state index in [-0.39, 0.29) is 0 Å². The van der Waals surface area contributed by atoms with Crippen molar-refractivity contribution in [1.82, 2.24) is 4.90 Å². The molecule has 5 heteroatoms. The Kier molecular flexibility index (Phi) is 5.60. The Morgan fingerprint density at radius 2 is 2.07 bits per heavy atom. The van der Waals surface area contributed by atoms with E-state index in [1.807, 2.05) is 0 Å². The molecule has 0 aliphatic rings. The van der Waals surface area contributed by atoms with Gasteiger partial charge in [0.05, 0.1) is 0 Å². The molecular formula is C9H17NO3S. The van der Waals surface area contributed by atoms with Crippen LogP contribution >= 0.6 is 12.6 Å². The van der Waals surface area contributed by atoms with E-state index in [0.29, 0.717) is 25.1 Å². The highest BCUT2D eigenvalue weighted by Gasteiger charge is 2.20. The van der Waals surface area contributed by atoms with E-state index in [9.17, 15) is 9.59 Å². The van der Waals surface area contributed by atoms with Crippen LogP contribution in [0.1, 0.15) is 27.2 Å². The highest BCUT2D eigenvalue weighted by molar-refractivity contribution is 7.80. The van der Waals surface area contributed by atoms with Gasteiger partial charge in [-0.25, -0.2) is 9.69 Å². The van der Waals surface area contributed by atoms with Gasteiger partial charge in [0.15, 0.2) is 0 Å². The van der Waals surface area contributed by atoms with Crippen molar-refractivity contribution in [3.8, 4) is 0 Å². The van der Waals surface area contributed by atoms with Crippen LogP contribution < -0.4 is 0 Å². The van der Waals surface area contributed by atoms with Gasteiger partial charge in [-0.1, -0.05) is 0 Å². The fraction of sp³-hybridized carbons (Fsp3) is 0.778. The topological polar surface area (TPSA) is 46.6 Å². The Balaban J connectivity index is 4.11. The standard InChI is InChI=1S/C9H17NO3S/c1-9(2,3)13-8(12)10(7-11)5-4-6-14/h7,14H,4-6H2,1-3H3. The highest BCUT2D eigenvalue weighted by atomic mass is 32.1. The van der Waals surface area contributed by atoms with E-state index in [2.05, 4.69) is 12.6 Å². The first-order valence-corrected chi connectivity index (χ1v) is 5.09. The molecule has 0 aromatic heterocycles. The van der Waals surface area contributed by atoms with Crippen LogP contribution in [0.4, 0.5) is 4.79 Å². The molecule has 0 aromatic carbocycles. The molecule has 0 rings (SSSR count). The monoisotopic (exact) mass is 219 g/mol. The average Bonchev–Trinajstić information content (AvgIpc) is 2.02. The van der Waals surface area contributed by atoms with Gasteiger partial charge in [-0.2, -0.15) is 12.6 Å². The van der Waals surface area contributed by atoms with Crippen molar-refractivity contribution in [3.05, 3.63) is 0 Å². The van der Waals surface area contributed by atoms with Gasteiger partial charge < -0.3 is 4.74 Å². The van der Waals surface area contributed by atoms with E-state index < -0.39 is 11.7 Å². The minimum Gasteiger partial charge on any atom is -0.443 e. The molecule has 4 nitrogen and oxygen atoms in total. The van der Waals surface area contributed by atoms with Crippen molar-refractivity contribution in [2.45, 2.75) is 32.8 Å². The number of rotatable bonds is 4. The van der Waals surface area contributed by atoms with Crippen molar-refractivity contribution in [1.29, 1.82) is 0 Å². The zero-order valence-electron chi connectivity index (χ0n) is 8.82. The maximum absolute atomic E-state index is 11.3. The minimum atomic E-state index is -0.603. The van der Waals surface area contributed by atoms with E-state index in [1.165, 1.54) is 0 Å². The molecule has 0 aliphatic heterocycles. The predicted molar refractivity (Wildman–Crippen MR) is 57.5 cm³/mol. The number of carbonyl (C=O) groups is 2. The van der Waals surface area contributed by atoms with E-state index in [0.717, 1.165) is 4.90 Å². The molecule has 0 saturated carbocycles. The van der Waals surface area contributed by atoms with E-state index in [1.54, 1.807) is 20.8 Å². The normalized spacial score (nSPS) is 10.9. The third-order valence-electron chi connectivity index (χ3n) is 1.31. The van der Waals surface area contributed by atoms with Gasteiger partial charge in [-0.3, -0.25) is 4.79 Å². The van der Waals surface area contributed by atoms with Gasteiger partial charge >= 0.3 is 6.09 Å². The number of nitrogens with zero attached hydrogens (tertiary/aromatic N) is 1. The number of thiol groups is 1. The van der Waals surface area contributed by atoms with Crippen molar-refractivity contribution in [2.75, 3.05) is 12.3 Å². The van der Waals surface area contributed by atoms with Crippen molar-refractivity contribution in [3.63, 3.8) is 0 Å². The Morgan fingerprint density at radius 3 is 2.43 bits per heavy atom. The van der Waals surface area contributed by atoms with Gasteiger partial charge in [-0.15, -0.1) is 0 Å². The Labute approximate surface area is 90.0 Å². The average molecular weight is 219 g/mol. The lowest BCUT2D eigenvalue weighted by molar-refractivity contribution is -0.117. The Bertz CT molecular complexity index is 201. The maximum atomic E-state index is 11.3. The van der Waals surface area contributed by atoms with Crippen molar-refractivity contribution < 1.29 is 14.3 Å². The van der Waals surface area contributed by atoms with Gasteiger partial charge in [0.2, 0.25) is 6.41 Å². The summed E-state index contributed by atoms with van der Waals surface area (Å²) in [6.45, 7) is 5.62. The summed E-state index contributed by atoms with van der Waals surface area (Å²) in [6, 6.07) is 0. The minimum absolute atomic E-state index is 0.349. The zero-order valence-corrected chi connectivity index (χ0v) is 9.71. The largest absolute Gasteiger partial charge is 0.443 e. The lowest BCUT2D eigenvalue weighted by atomic mass is 10.2. The Hall–Kier alpha value is -0.710. The fourth-order valence-corrected chi connectivity index (χ4v) is 0.890. The molecule has 2 amide bonds. The Morgan fingerprint density at radius 1 is 1.50 bits per heavy atom. The van der Waals surface area contributed by atoms with Crippen LogP contribution in [0.15, 0.2) is 0 Å². The molecule has 0 N–H and O–H groups in total. The van der Waals surface area contributed by atoms with Gasteiger partial charge in [0.25, 0.3) is 0 Å². The quantitative estimate of drug-likeness (QED) is 0.578. The van der Waals surface area contributed by atoms with Crippen LogP contribution in [-0.4, -0.2) is 35.3 Å². The zero-order chi connectivity index (χ0) is 11.2. The molecule has 0 unspecified atom stereocenters. The summed E-state index contributed by atoms with van der Waals surface area (Å²) in [7, 11) is 0. The maximum Gasteiger partial charge on any atom is 0.416 e.